The molecule has 1 amide bonds. The van der Waals surface area contributed by atoms with Gasteiger partial charge in [-0.1, -0.05) is 26.0 Å². The van der Waals surface area contributed by atoms with Crippen LogP contribution in [0.3, 0.4) is 0 Å². The number of rotatable bonds is 6. The van der Waals surface area contributed by atoms with Crippen LogP contribution in [0, 0.1) is 11.8 Å². The van der Waals surface area contributed by atoms with Crippen LogP contribution in [0.15, 0.2) is 43.8 Å². The average Bonchev–Trinajstić information content (AvgIpc) is 2.54. The van der Waals surface area contributed by atoms with E-state index in [0.29, 0.717) is 12.5 Å². The molecule has 5 heteroatoms. The fourth-order valence-electron chi connectivity index (χ4n) is 2.71. The first-order chi connectivity index (χ1) is 10.5. The highest BCUT2D eigenvalue weighted by molar-refractivity contribution is 8.93. The van der Waals surface area contributed by atoms with Gasteiger partial charge < -0.3 is 9.80 Å². The van der Waals surface area contributed by atoms with Crippen LogP contribution in [0.5, 0.6) is 0 Å². The summed E-state index contributed by atoms with van der Waals surface area (Å²) < 4.78 is 0. The summed E-state index contributed by atoms with van der Waals surface area (Å²) in [6.45, 7) is 15.2. The molecular formula is C18H26BrN3O. The van der Waals surface area contributed by atoms with Crippen molar-refractivity contribution in [2.75, 3.05) is 22.9 Å². The second-order valence-electron chi connectivity index (χ2n) is 6.07. The van der Waals surface area contributed by atoms with Crippen LogP contribution in [-0.4, -0.2) is 30.0 Å². The van der Waals surface area contributed by atoms with Crippen molar-refractivity contribution in [1.82, 2.24) is 4.98 Å². The number of halogens is 1. The summed E-state index contributed by atoms with van der Waals surface area (Å²) in [5, 5.41) is 0. The topological polar surface area (TPSA) is 36.4 Å². The Bertz CT molecular complexity index is 575. The molecule has 3 atom stereocenters. The lowest BCUT2D eigenvalue weighted by Gasteiger charge is -2.42. The number of carbonyl (C=O) groups is 1. The summed E-state index contributed by atoms with van der Waals surface area (Å²) in [6, 6.07) is 1.72. The quantitative estimate of drug-likeness (QED) is 0.704. The molecule has 0 saturated carbocycles. The number of nitrogens with zero attached hydrogens (tertiary/aromatic N) is 3. The molecule has 0 aromatic carbocycles. The fourth-order valence-corrected chi connectivity index (χ4v) is 2.71. The summed E-state index contributed by atoms with van der Waals surface area (Å²) in [6.07, 6.45) is 7.38. The lowest BCUT2D eigenvalue weighted by molar-refractivity contribution is -0.120. The molecule has 1 aromatic rings. The van der Waals surface area contributed by atoms with E-state index in [9.17, 15) is 4.79 Å². The molecular weight excluding hydrogens is 354 g/mol. The van der Waals surface area contributed by atoms with E-state index in [1.54, 1.807) is 6.20 Å². The molecule has 1 aliphatic heterocycles. The van der Waals surface area contributed by atoms with Crippen molar-refractivity contribution in [2.24, 2.45) is 11.8 Å². The van der Waals surface area contributed by atoms with Crippen molar-refractivity contribution < 1.29 is 4.79 Å². The van der Waals surface area contributed by atoms with Crippen LogP contribution in [0.1, 0.15) is 20.8 Å². The molecule has 0 aliphatic carbocycles. The van der Waals surface area contributed by atoms with E-state index in [1.807, 2.05) is 36.2 Å². The van der Waals surface area contributed by atoms with E-state index in [4.69, 9.17) is 0 Å². The lowest BCUT2D eigenvalue weighted by atomic mass is 10.0. The molecule has 0 radical (unpaired) electrons. The normalized spacial score (nSPS) is 19.4. The van der Waals surface area contributed by atoms with Gasteiger partial charge in [-0.2, -0.15) is 0 Å². The Kier molecular flexibility index (Phi) is 7.01. The third-order valence-corrected chi connectivity index (χ3v) is 4.23. The van der Waals surface area contributed by atoms with Gasteiger partial charge in [0.15, 0.2) is 0 Å². The van der Waals surface area contributed by atoms with Crippen molar-refractivity contribution in [3.05, 3.63) is 43.8 Å². The zero-order valence-electron chi connectivity index (χ0n) is 14.1. The van der Waals surface area contributed by atoms with Gasteiger partial charge in [0.1, 0.15) is 6.04 Å². The van der Waals surface area contributed by atoms with Gasteiger partial charge in [-0.05, 0) is 24.8 Å². The summed E-state index contributed by atoms with van der Waals surface area (Å²) in [5.41, 5.74) is 1.95. The largest absolute Gasteiger partial charge is 0.356 e. The van der Waals surface area contributed by atoms with Crippen molar-refractivity contribution in [3.63, 3.8) is 0 Å². The monoisotopic (exact) mass is 379 g/mol. The first-order valence-electron chi connectivity index (χ1n) is 7.76. The molecule has 2 rings (SSSR count). The van der Waals surface area contributed by atoms with Gasteiger partial charge in [0, 0.05) is 19.3 Å². The number of pyridine rings is 1. The first kappa shape index (κ1) is 19.4. The fraction of sp³-hybridized carbons (Fsp3) is 0.444. The van der Waals surface area contributed by atoms with Gasteiger partial charge in [-0.3, -0.25) is 9.78 Å². The molecule has 0 N–H and O–H groups in total. The maximum absolute atomic E-state index is 12.8. The van der Waals surface area contributed by atoms with Crippen molar-refractivity contribution >= 4 is 34.3 Å². The molecule has 23 heavy (non-hydrogen) atoms. The van der Waals surface area contributed by atoms with Gasteiger partial charge in [0.2, 0.25) is 5.91 Å². The molecule has 3 unspecified atom stereocenters. The number of anilines is 2. The summed E-state index contributed by atoms with van der Waals surface area (Å²) in [4.78, 5) is 21.1. The third-order valence-electron chi connectivity index (χ3n) is 4.23. The van der Waals surface area contributed by atoms with Crippen LogP contribution in [0.2, 0.25) is 0 Å². The molecule has 0 spiro atoms. The number of fused-ring (bicyclic) bond motifs is 1. The second-order valence-corrected chi connectivity index (χ2v) is 6.07. The zero-order chi connectivity index (χ0) is 16.3. The lowest BCUT2D eigenvalue weighted by Crippen LogP contribution is -2.54. The van der Waals surface area contributed by atoms with Gasteiger partial charge in [0.05, 0.1) is 17.6 Å². The van der Waals surface area contributed by atoms with Gasteiger partial charge in [-0.25, -0.2) is 0 Å². The minimum absolute atomic E-state index is 0. The molecule has 1 aromatic heterocycles. The Morgan fingerprint density at radius 2 is 1.83 bits per heavy atom. The standard InChI is InChI=1S/C18H25N3O.BrH/c1-6-13(3)11-20-15(5)18(22)21(12-14(4)7-2)16-8-9-19-10-17(16)20;/h6-10,13-15H,1-2,11-12H2,3-5H3;1H. The predicted octanol–water partition coefficient (Wildman–Crippen LogP) is 3.85. The van der Waals surface area contributed by atoms with E-state index in [2.05, 4.69) is 36.9 Å². The molecule has 1 aliphatic rings. The van der Waals surface area contributed by atoms with Crippen LogP contribution in [-0.2, 0) is 4.79 Å². The summed E-state index contributed by atoms with van der Waals surface area (Å²) in [5.74, 6) is 0.682. The molecule has 0 saturated heterocycles. The van der Waals surface area contributed by atoms with Crippen LogP contribution < -0.4 is 9.80 Å². The summed E-state index contributed by atoms with van der Waals surface area (Å²) in [7, 11) is 0. The molecule has 126 valence electrons. The maximum Gasteiger partial charge on any atom is 0.249 e. The average molecular weight is 380 g/mol. The minimum atomic E-state index is -0.198. The Morgan fingerprint density at radius 3 is 2.43 bits per heavy atom. The van der Waals surface area contributed by atoms with Gasteiger partial charge >= 0.3 is 0 Å². The van der Waals surface area contributed by atoms with E-state index in [-0.39, 0.29) is 34.8 Å². The van der Waals surface area contributed by atoms with Crippen LogP contribution in [0.25, 0.3) is 0 Å². The molecule has 4 nitrogen and oxygen atoms in total. The maximum atomic E-state index is 12.8. The highest BCUT2D eigenvalue weighted by Crippen LogP contribution is 2.36. The van der Waals surface area contributed by atoms with E-state index in [1.165, 1.54) is 0 Å². The number of hydrogen-bond acceptors (Lipinski definition) is 3. The predicted molar refractivity (Wildman–Crippen MR) is 102 cm³/mol. The first-order valence-corrected chi connectivity index (χ1v) is 7.76. The Balaban J connectivity index is 0.00000264. The molecule has 0 fully saturated rings. The second kappa shape index (κ2) is 8.29. The Labute approximate surface area is 149 Å². The van der Waals surface area contributed by atoms with E-state index >= 15 is 0 Å². The summed E-state index contributed by atoms with van der Waals surface area (Å²) >= 11 is 0. The van der Waals surface area contributed by atoms with Gasteiger partial charge in [0.25, 0.3) is 0 Å². The SMILES string of the molecule is Br.C=CC(C)CN1C(=O)C(C)N(CC(C)C=C)c2cnccc21. The van der Waals surface area contributed by atoms with E-state index < -0.39 is 0 Å². The van der Waals surface area contributed by atoms with E-state index in [0.717, 1.165) is 17.9 Å². The molecule has 2 heterocycles. The van der Waals surface area contributed by atoms with Crippen molar-refractivity contribution in [2.45, 2.75) is 26.8 Å². The van der Waals surface area contributed by atoms with Crippen molar-refractivity contribution in [3.8, 4) is 0 Å². The van der Waals surface area contributed by atoms with Gasteiger partial charge in [-0.15, -0.1) is 30.1 Å². The number of aromatic nitrogens is 1. The number of amides is 1. The van der Waals surface area contributed by atoms with Crippen LogP contribution in [0.4, 0.5) is 11.4 Å². The highest BCUT2D eigenvalue weighted by atomic mass is 79.9. The third kappa shape index (κ3) is 4.02. The number of carbonyl (C=O) groups excluding carboxylic acids is 1. The Hall–Kier alpha value is -1.62. The minimum Gasteiger partial charge on any atom is -0.356 e. The smallest absolute Gasteiger partial charge is 0.249 e. The zero-order valence-corrected chi connectivity index (χ0v) is 15.8. The Morgan fingerprint density at radius 1 is 1.22 bits per heavy atom. The van der Waals surface area contributed by atoms with Crippen LogP contribution >= 0.6 is 17.0 Å². The number of hydrogen-bond donors (Lipinski definition) is 0. The van der Waals surface area contributed by atoms with Crippen molar-refractivity contribution in [1.29, 1.82) is 0 Å². The highest BCUT2D eigenvalue weighted by Gasteiger charge is 2.36. The molecule has 0 bridgehead atoms.